The fourth-order valence-corrected chi connectivity index (χ4v) is 1.83. The van der Waals surface area contributed by atoms with Crippen molar-refractivity contribution in [2.24, 2.45) is 5.73 Å². The molecular formula is C15H14ClN3O2. The second-order valence-corrected chi connectivity index (χ2v) is 4.89. The Balaban J connectivity index is 2.20. The van der Waals surface area contributed by atoms with Gasteiger partial charge in [0, 0.05) is 10.6 Å². The molecule has 0 saturated carbocycles. The highest BCUT2D eigenvalue weighted by Crippen LogP contribution is 2.14. The van der Waals surface area contributed by atoms with E-state index in [0.29, 0.717) is 16.3 Å². The lowest BCUT2D eigenvalue weighted by Gasteiger charge is -2.21. The van der Waals surface area contributed by atoms with Gasteiger partial charge < -0.3 is 5.73 Å². The summed E-state index contributed by atoms with van der Waals surface area (Å²) in [5, 5.41) is 1.52. The molecule has 2 aromatic rings. The number of carbonyl (C=O) groups excluding carboxylic acids is 2. The monoisotopic (exact) mass is 303 g/mol. The van der Waals surface area contributed by atoms with Crippen LogP contribution in [0.4, 0.5) is 10.5 Å². The molecule has 5 nitrogen and oxygen atoms in total. The van der Waals surface area contributed by atoms with Crippen molar-refractivity contribution in [2.75, 3.05) is 5.01 Å². The van der Waals surface area contributed by atoms with Crippen molar-refractivity contribution >= 4 is 29.2 Å². The van der Waals surface area contributed by atoms with E-state index >= 15 is 0 Å². The molecule has 0 heterocycles. The van der Waals surface area contributed by atoms with Crippen LogP contribution in [-0.4, -0.2) is 11.9 Å². The quantitative estimate of drug-likeness (QED) is 0.837. The Hall–Kier alpha value is -2.53. The molecule has 0 saturated heterocycles. The van der Waals surface area contributed by atoms with Gasteiger partial charge >= 0.3 is 6.03 Å². The number of urea groups is 1. The molecule has 0 aliphatic heterocycles. The first kappa shape index (κ1) is 14.9. The van der Waals surface area contributed by atoms with Crippen LogP contribution in [0.15, 0.2) is 48.5 Å². The van der Waals surface area contributed by atoms with Crippen LogP contribution < -0.4 is 16.2 Å². The topological polar surface area (TPSA) is 75.4 Å². The molecule has 0 unspecified atom stereocenters. The number of primary amides is 1. The molecule has 0 aliphatic carbocycles. The first-order valence-electron chi connectivity index (χ1n) is 6.20. The summed E-state index contributed by atoms with van der Waals surface area (Å²) in [6.07, 6.45) is 0. The van der Waals surface area contributed by atoms with Gasteiger partial charge in [0.15, 0.2) is 0 Å². The highest BCUT2D eigenvalue weighted by Gasteiger charge is 2.16. The molecule has 0 atom stereocenters. The second kappa shape index (κ2) is 6.28. The third kappa shape index (κ3) is 3.73. The maximum atomic E-state index is 12.1. The standard InChI is InChI=1S/C15H14ClN3O2/c1-10-2-8-13(9-3-10)19(15(17)21)18-14(20)11-4-6-12(16)7-5-11/h2-9H,1H3,(H2,17,21)(H,18,20). The van der Waals surface area contributed by atoms with E-state index in [0.717, 1.165) is 10.6 Å². The number of anilines is 1. The van der Waals surface area contributed by atoms with Crippen molar-refractivity contribution in [3.8, 4) is 0 Å². The molecular weight excluding hydrogens is 290 g/mol. The number of hydrazine groups is 1. The summed E-state index contributed by atoms with van der Waals surface area (Å²) in [4.78, 5) is 23.6. The largest absolute Gasteiger partial charge is 0.350 e. The molecule has 3 N–H and O–H groups in total. The lowest BCUT2D eigenvalue weighted by atomic mass is 10.2. The van der Waals surface area contributed by atoms with Gasteiger partial charge in [-0.1, -0.05) is 29.3 Å². The van der Waals surface area contributed by atoms with Gasteiger partial charge in [-0.25, -0.2) is 9.80 Å². The molecule has 3 amide bonds. The summed E-state index contributed by atoms with van der Waals surface area (Å²) in [6, 6.07) is 12.6. The first-order chi connectivity index (χ1) is 9.97. The van der Waals surface area contributed by atoms with Gasteiger partial charge in [-0.3, -0.25) is 10.2 Å². The molecule has 2 rings (SSSR count). The van der Waals surface area contributed by atoms with Gasteiger partial charge in [-0.05, 0) is 43.3 Å². The number of carbonyl (C=O) groups is 2. The van der Waals surface area contributed by atoms with E-state index in [2.05, 4.69) is 5.43 Å². The van der Waals surface area contributed by atoms with Crippen molar-refractivity contribution in [1.82, 2.24) is 5.43 Å². The van der Waals surface area contributed by atoms with Gasteiger partial charge in [0.25, 0.3) is 5.91 Å². The molecule has 21 heavy (non-hydrogen) atoms. The predicted octanol–water partition coefficient (Wildman–Crippen LogP) is 2.88. The minimum Gasteiger partial charge on any atom is -0.350 e. The molecule has 0 spiro atoms. The lowest BCUT2D eigenvalue weighted by molar-refractivity contribution is 0.0951. The number of benzene rings is 2. The molecule has 108 valence electrons. The van der Waals surface area contributed by atoms with Crippen molar-refractivity contribution in [1.29, 1.82) is 0 Å². The minimum atomic E-state index is -0.777. The highest BCUT2D eigenvalue weighted by atomic mass is 35.5. The first-order valence-corrected chi connectivity index (χ1v) is 6.58. The van der Waals surface area contributed by atoms with E-state index in [9.17, 15) is 9.59 Å². The lowest BCUT2D eigenvalue weighted by Crippen LogP contribution is -2.49. The van der Waals surface area contributed by atoms with Crippen molar-refractivity contribution < 1.29 is 9.59 Å². The predicted molar refractivity (Wildman–Crippen MR) is 82.2 cm³/mol. The van der Waals surface area contributed by atoms with Crippen LogP contribution in [0, 0.1) is 6.92 Å². The SMILES string of the molecule is Cc1ccc(N(NC(=O)c2ccc(Cl)cc2)C(N)=O)cc1. The Morgan fingerprint density at radius 3 is 2.14 bits per heavy atom. The fraction of sp³-hybridized carbons (Fsp3) is 0.0667. The Labute approximate surface area is 127 Å². The second-order valence-electron chi connectivity index (χ2n) is 4.46. The highest BCUT2D eigenvalue weighted by molar-refractivity contribution is 6.30. The van der Waals surface area contributed by atoms with Crippen LogP contribution in [0.5, 0.6) is 0 Å². The smallest absolute Gasteiger partial charge is 0.338 e. The van der Waals surface area contributed by atoms with Crippen molar-refractivity contribution in [3.63, 3.8) is 0 Å². The van der Waals surface area contributed by atoms with Crippen LogP contribution in [0.3, 0.4) is 0 Å². The number of amides is 3. The van der Waals surface area contributed by atoms with E-state index in [1.54, 1.807) is 36.4 Å². The minimum absolute atomic E-state index is 0.373. The van der Waals surface area contributed by atoms with Gasteiger partial charge in [0.1, 0.15) is 0 Å². The normalized spacial score (nSPS) is 10.0. The summed E-state index contributed by atoms with van der Waals surface area (Å²) in [5.41, 5.74) is 9.66. The van der Waals surface area contributed by atoms with E-state index in [4.69, 9.17) is 17.3 Å². The molecule has 0 aliphatic rings. The molecule has 6 heteroatoms. The number of nitrogens with zero attached hydrogens (tertiary/aromatic N) is 1. The zero-order valence-corrected chi connectivity index (χ0v) is 12.1. The summed E-state index contributed by atoms with van der Waals surface area (Å²) in [5.74, 6) is -0.453. The summed E-state index contributed by atoms with van der Waals surface area (Å²) in [7, 11) is 0. The van der Waals surface area contributed by atoms with E-state index < -0.39 is 11.9 Å². The van der Waals surface area contributed by atoms with Crippen LogP contribution in [-0.2, 0) is 0 Å². The third-order valence-corrected chi connectivity index (χ3v) is 3.08. The third-order valence-electron chi connectivity index (χ3n) is 2.83. The van der Waals surface area contributed by atoms with Gasteiger partial charge in [0.2, 0.25) is 0 Å². The fourth-order valence-electron chi connectivity index (χ4n) is 1.71. The van der Waals surface area contributed by atoms with Crippen molar-refractivity contribution in [2.45, 2.75) is 6.92 Å². The van der Waals surface area contributed by atoms with Crippen molar-refractivity contribution in [3.05, 3.63) is 64.7 Å². The van der Waals surface area contributed by atoms with E-state index in [1.165, 1.54) is 0 Å². The molecule has 0 fully saturated rings. The zero-order valence-electron chi connectivity index (χ0n) is 11.3. The van der Waals surface area contributed by atoms with Gasteiger partial charge in [0.05, 0.1) is 5.69 Å². The van der Waals surface area contributed by atoms with Gasteiger partial charge in [-0.2, -0.15) is 0 Å². The number of nitrogens with two attached hydrogens (primary N) is 1. The average Bonchev–Trinajstić information content (AvgIpc) is 2.46. The number of hydrogen-bond acceptors (Lipinski definition) is 2. The van der Waals surface area contributed by atoms with Crippen LogP contribution in [0.25, 0.3) is 0 Å². The average molecular weight is 304 g/mol. The van der Waals surface area contributed by atoms with Crippen LogP contribution >= 0.6 is 11.6 Å². The Bertz CT molecular complexity index is 654. The van der Waals surface area contributed by atoms with Gasteiger partial charge in [-0.15, -0.1) is 0 Å². The van der Waals surface area contributed by atoms with E-state index in [1.807, 2.05) is 19.1 Å². The van der Waals surface area contributed by atoms with Crippen LogP contribution in [0.2, 0.25) is 5.02 Å². The number of rotatable bonds is 2. The van der Waals surface area contributed by atoms with Crippen LogP contribution in [0.1, 0.15) is 15.9 Å². The number of nitrogens with one attached hydrogen (secondary N) is 1. The molecule has 0 aromatic heterocycles. The maximum absolute atomic E-state index is 12.1. The number of halogens is 1. The zero-order chi connectivity index (χ0) is 15.4. The summed E-state index contributed by atoms with van der Waals surface area (Å²) >= 11 is 5.77. The Morgan fingerprint density at radius 2 is 1.62 bits per heavy atom. The Morgan fingerprint density at radius 1 is 1.05 bits per heavy atom. The maximum Gasteiger partial charge on any atom is 0.338 e. The van der Waals surface area contributed by atoms with E-state index in [-0.39, 0.29) is 0 Å². The number of hydrogen-bond donors (Lipinski definition) is 2. The summed E-state index contributed by atoms with van der Waals surface area (Å²) in [6.45, 7) is 1.92. The molecule has 0 bridgehead atoms. The summed E-state index contributed by atoms with van der Waals surface area (Å²) < 4.78 is 0. The number of aryl methyl sites for hydroxylation is 1. The Kier molecular flexibility index (Phi) is 4.45. The molecule has 2 aromatic carbocycles. The molecule has 0 radical (unpaired) electrons.